The van der Waals surface area contributed by atoms with Crippen molar-refractivity contribution in [1.29, 1.82) is 5.26 Å². The molecule has 1 saturated heterocycles. The van der Waals surface area contributed by atoms with Crippen molar-refractivity contribution in [2.24, 2.45) is 0 Å². The van der Waals surface area contributed by atoms with E-state index in [1.165, 1.54) is 10.8 Å². The Balaban J connectivity index is 1.43. The van der Waals surface area contributed by atoms with Gasteiger partial charge in [0.15, 0.2) is 18.4 Å². The SMILES string of the molecule is N#Cc1cn([C@@H]2O[C@H](COC(=O)c3ccccc3)[C@@H](OC(=O)c3ccccc3)[C@H]2OC(=O)c2ccccc2)c2nc(Br)nc(N)c12. The summed E-state index contributed by atoms with van der Waals surface area (Å²) in [6, 6.07) is 26.9. The first-order valence-corrected chi connectivity index (χ1v) is 14.8. The van der Waals surface area contributed by atoms with E-state index in [0.29, 0.717) is 5.56 Å². The minimum atomic E-state index is -1.31. The second-order valence-electron chi connectivity index (χ2n) is 10.1. The van der Waals surface area contributed by atoms with Crippen molar-refractivity contribution >= 4 is 50.7 Å². The Morgan fingerprint density at radius 1 is 0.826 bits per heavy atom. The van der Waals surface area contributed by atoms with Gasteiger partial charge in [0, 0.05) is 6.20 Å². The van der Waals surface area contributed by atoms with Crippen molar-refractivity contribution in [2.75, 3.05) is 12.3 Å². The fourth-order valence-corrected chi connectivity index (χ4v) is 5.47. The van der Waals surface area contributed by atoms with Crippen LogP contribution in [0.15, 0.2) is 102 Å². The molecule has 4 atom stereocenters. The minimum Gasteiger partial charge on any atom is -0.459 e. The number of benzene rings is 3. The van der Waals surface area contributed by atoms with Gasteiger partial charge < -0.3 is 29.2 Å². The zero-order chi connectivity index (χ0) is 32.2. The van der Waals surface area contributed by atoms with Gasteiger partial charge in [0.05, 0.1) is 27.6 Å². The summed E-state index contributed by atoms with van der Waals surface area (Å²) in [5.74, 6) is -2.06. The Morgan fingerprint density at radius 3 is 1.89 bits per heavy atom. The molecule has 13 heteroatoms. The van der Waals surface area contributed by atoms with Gasteiger partial charge in [0.25, 0.3) is 0 Å². The van der Waals surface area contributed by atoms with Gasteiger partial charge in [-0.25, -0.2) is 24.4 Å². The van der Waals surface area contributed by atoms with E-state index in [-0.39, 0.29) is 44.9 Å². The topological polar surface area (TPSA) is 169 Å². The van der Waals surface area contributed by atoms with Gasteiger partial charge in [0.1, 0.15) is 30.2 Å². The van der Waals surface area contributed by atoms with E-state index in [1.54, 1.807) is 91.0 Å². The number of aromatic nitrogens is 3. The maximum atomic E-state index is 13.5. The standard InChI is InChI=1S/C33H24BrN5O7/c34-33-37-27(36)24-22(16-35)17-39(28(24)38-33)29-26(46-32(42)21-14-8-3-9-15-21)25(45-31(41)20-12-6-2-7-13-20)23(44-29)18-43-30(40)19-10-4-1-5-11-19/h1-15,17,23,25-26,29H,18H2,(H2,36,37,38)/t23-,25-,26-,29-/m1/s1. The van der Waals surface area contributed by atoms with Crippen LogP contribution in [0.2, 0.25) is 0 Å². The lowest BCUT2D eigenvalue weighted by molar-refractivity contribution is -0.0604. The van der Waals surface area contributed by atoms with Gasteiger partial charge in [-0.05, 0) is 52.3 Å². The summed E-state index contributed by atoms with van der Waals surface area (Å²) in [7, 11) is 0. The van der Waals surface area contributed by atoms with E-state index in [0.717, 1.165) is 0 Å². The maximum Gasteiger partial charge on any atom is 0.338 e. The first-order valence-electron chi connectivity index (χ1n) is 14.0. The Kier molecular flexibility index (Phi) is 8.73. The third-order valence-corrected chi connectivity index (χ3v) is 7.60. The molecule has 12 nitrogen and oxygen atoms in total. The van der Waals surface area contributed by atoms with Crippen LogP contribution >= 0.6 is 15.9 Å². The average Bonchev–Trinajstić information content (AvgIpc) is 3.62. The number of carbonyl (C=O) groups is 3. The molecule has 0 unspecified atom stereocenters. The van der Waals surface area contributed by atoms with Crippen LogP contribution in [0.1, 0.15) is 42.9 Å². The molecule has 46 heavy (non-hydrogen) atoms. The Labute approximate surface area is 270 Å². The molecule has 1 aliphatic heterocycles. The van der Waals surface area contributed by atoms with Crippen LogP contribution in [0.5, 0.6) is 0 Å². The van der Waals surface area contributed by atoms with Crippen molar-refractivity contribution in [2.45, 2.75) is 24.5 Å². The van der Waals surface area contributed by atoms with E-state index < -0.39 is 42.4 Å². The van der Waals surface area contributed by atoms with Gasteiger partial charge in [-0.1, -0.05) is 54.6 Å². The lowest BCUT2D eigenvalue weighted by atomic mass is 10.1. The molecule has 0 aliphatic carbocycles. The molecule has 0 bridgehead atoms. The molecule has 0 radical (unpaired) electrons. The zero-order valence-corrected chi connectivity index (χ0v) is 25.4. The Morgan fingerprint density at radius 2 is 1.35 bits per heavy atom. The predicted molar refractivity (Wildman–Crippen MR) is 166 cm³/mol. The normalized spacial score (nSPS) is 18.9. The van der Waals surface area contributed by atoms with Crippen molar-refractivity contribution in [3.63, 3.8) is 0 Å². The lowest BCUT2D eigenvalue weighted by Crippen LogP contribution is -2.41. The molecule has 0 saturated carbocycles. The molecule has 0 amide bonds. The first-order chi connectivity index (χ1) is 22.3. The second-order valence-corrected chi connectivity index (χ2v) is 10.8. The van der Waals surface area contributed by atoms with E-state index in [2.05, 4.69) is 32.0 Å². The average molecular weight is 682 g/mol. The molecule has 0 spiro atoms. The van der Waals surface area contributed by atoms with Crippen molar-refractivity contribution in [1.82, 2.24) is 14.5 Å². The van der Waals surface area contributed by atoms with Crippen LogP contribution in [0.4, 0.5) is 5.82 Å². The number of ether oxygens (including phenoxy) is 4. The first kappa shape index (κ1) is 30.4. The molecule has 3 heterocycles. The summed E-state index contributed by atoms with van der Waals surface area (Å²) in [5.41, 5.74) is 7.26. The third kappa shape index (κ3) is 6.16. The number of rotatable bonds is 8. The summed E-state index contributed by atoms with van der Waals surface area (Å²) >= 11 is 3.24. The minimum absolute atomic E-state index is 0.0309. The zero-order valence-electron chi connectivity index (χ0n) is 23.9. The molecule has 1 fully saturated rings. The molecular weight excluding hydrogens is 658 g/mol. The molecule has 2 N–H and O–H groups in total. The molecule has 6 rings (SSSR count). The fourth-order valence-electron chi connectivity index (χ4n) is 5.11. The van der Waals surface area contributed by atoms with Gasteiger partial charge in [-0.15, -0.1) is 0 Å². The number of anilines is 1. The van der Waals surface area contributed by atoms with E-state index in [4.69, 9.17) is 24.7 Å². The third-order valence-electron chi connectivity index (χ3n) is 7.25. The maximum absolute atomic E-state index is 13.5. The molecule has 3 aromatic carbocycles. The van der Waals surface area contributed by atoms with Crippen molar-refractivity contribution in [3.05, 3.63) is 124 Å². The van der Waals surface area contributed by atoms with Crippen LogP contribution in [0.3, 0.4) is 0 Å². The number of nitriles is 1. The number of hydrogen-bond donors (Lipinski definition) is 1. The van der Waals surface area contributed by atoms with Gasteiger partial charge in [-0.2, -0.15) is 5.26 Å². The fraction of sp³-hybridized carbons (Fsp3) is 0.152. The highest BCUT2D eigenvalue weighted by Crippen LogP contribution is 2.39. The van der Waals surface area contributed by atoms with Crippen LogP contribution in [-0.2, 0) is 18.9 Å². The largest absolute Gasteiger partial charge is 0.459 e. The molecular formula is C33H24BrN5O7. The summed E-state index contributed by atoms with van der Waals surface area (Å²) in [5, 5.41) is 10.2. The monoisotopic (exact) mass is 681 g/mol. The molecule has 2 aromatic heterocycles. The summed E-state index contributed by atoms with van der Waals surface area (Å²) in [6.45, 7) is -0.374. The van der Waals surface area contributed by atoms with Crippen LogP contribution in [0, 0.1) is 11.3 Å². The molecule has 5 aromatic rings. The lowest BCUT2D eigenvalue weighted by Gasteiger charge is -2.25. The number of halogens is 1. The van der Waals surface area contributed by atoms with Gasteiger partial charge >= 0.3 is 17.9 Å². The number of hydrogen-bond acceptors (Lipinski definition) is 11. The van der Waals surface area contributed by atoms with Crippen molar-refractivity contribution in [3.8, 4) is 6.07 Å². The van der Waals surface area contributed by atoms with Crippen LogP contribution < -0.4 is 5.73 Å². The van der Waals surface area contributed by atoms with E-state index in [1.807, 2.05) is 0 Å². The van der Waals surface area contributed by atoms with Gasteiger partial charge in [-0.3, -0.25) is 0 Å². The number of nitrogens with two attached hydrogens (primary N) is 1. The summed E-state index contributed by atoms with van der Waals surface area (Å²) in [4.78, 5) is 48.2. The van der Waals surface area contributed by atoms with Crippen LogP contribution in [0.25, 0.3) is 11.0 Å². The molecule has 1 aliphatic rings. The number of esters is 3. The highest BCUT2D eigenvalue weighted by Gasteiger charge is 2.52. The van der Waals surface area contributed by atoms with Crippen LogP contribution in [-0.4, -0.2) is 57.4 Å². The Bertz CT molecular complexity index is 1950. The second kappa shape index (κ2) is 13.2. The molecule has 230 valence electrons. The Hall–Kier alpha value is -5.58. The van der Waals surface area contributed by atoms with E-state index >= 15 is 0 Å². The van der Waals surface area contributed by atoms with Crippen molar-refractivity contribution < 1.29 is 33.3 Å². The number of nitrogen functional groups attached to an aromatic ring is 1. The highest BCUT2D eigenvalue weighted by molar-refractivity contribution is 9.10. The smallest absolute Gasteiger partial charge is 0.338 e. The van der Waals surface area contributed by atoms with E-state index in [9.17, 15) is 19.6 Å². The van der Waals surface area contributed by atoms with Gasteiger partial charge in [0.2, 0.25) is 4.73 Å². The summed E-state index contributed by atoms with van der Waals surface area (Å²) in [6.07, 6.45) is -3.49. The predicted octanol–water partition coefficient (Wildman–Crippen LogP) is 4.85. The number of carbonyl (C=O) groups excluding carboxylic acids is 3. The summed E-state index contributed by atoms with van der Waals surface area (Å²) < 4.78 is 25.6. The highest BCUT2D eigenvalue weighted by atomic mass is 79.9. The quantitative estimate of drug-likeness (QED) is 0.135. The number of nitrogens with zero attached hydrogens (tertiary/aromatic N) is 4. The number of fused-ring (bicyclic) bond motifs is 1.